The van der Waals surface area contributed by atoms with Gasteiger partial charge in [-0.1, -0.05) is 13.8 Å². The third kappa shape index (κ3) is 3.76. The molecule has 0 saturated carbocycles. The average Bonchev–Trinajstić information content (AvgIpc) is 2.17. The van der Waals surface area contributed by atoms with Crippen LogP contribution in [-0.2, 0) is 6.54 Å². The lowest BCUT2D eigenvalue weighted by Crippen LogP contribution is -2.23. The topological polar surface area (TPSA) is 16.1 Å². The highest BCUT2D eigenvalue weighted by Crippen LogP contribution is 2.11. The molecule has 14 heavy (non-hydrogen) atoms. The van der Waals surface area contributed by atoms with Gasteiger partial charge in [0.25, 0.3) is 0 Å². The van der Waals surface area contributed by atoms with Crippen molar-refractivity contribution in [1.82, 2.24) is 9.88 Å². The van der Waals surface area contributed by atoms with E-state index in [4.69, 9.17) is 0 Å². The number of aromatic nitrogens is 1. The SMILES string of the molecule is CCCN(CC)Cc1cncc(Br)c1. The summed E-state index contributed by atoms with van der Waals surface area (Å²) in [5.74, 6) is 0. The van der Waals surface area contributed by atoms with Crippen LogP contribution in [0.4, 0.5) is 0 Å². The van der Waals surface area contributed by atoms with Crippen molar-refractivity contribution < 1.29 is 0 Å². The summed E-state index contributed by atoms with van der Waals surface area (Å²) in [5, 5.41) is 0. The van der Waals surface area contributed by atoms with Crippen molar-refractivity contribution in [2.24, 2.45) is 0 Å². The second-order valence-electron chi connectivity index (χ2n) is 3.38. The Morgan fingerprint density at radius 3 is 2.71 bits per heavy atom. The van der Waals surface area contributed by atoms with Crippen molar-refractivity contribution in [3.8, 4) is 0 Å². The van der Waals surface area contributed by atoms with E-state index in [1.165, 1.54) is 12.0 Å². The Morgan fingerprint density at radius 2 is 2.14 bits per heavy atom. The number of nitrogens with zero attached hydrogens (tertiary/aromatic N) is 2. The molecule has 0 unspecified atom stereocenters. The molecule has 3 heteroatoms. The summed E-state index contributed by atoms with van der Waals surface area (Å²) in [6.07, 6.45) is 4.96. The molecule has 0 atom stereocenters. The number of halogens is 1. The maximum absolute atomic E-state index is 4.16. The van der Waals surface area contributed by atoms with Gasteiger partial charge >= 0.3 is 0 Å². The summed E-state index contributed by atoms with van der Waals surface area (Å²) in [6, 6.07) is 2.13. The van der Waals surface area contributed by atoms with Crippen molar-refractivity contribution in [1.29, 1.82) is 0 Å². The van der Waals surface area contributed by atoms with Gasteiger partial charge in [-0.25, -0.2) is 0 Å². The van der Waals surface area contributed by atoms with Gasteiger partial charge in [-0.3, -0.25) is 9.88 Å². The molecule has 1 heterocycles. The van der Waals surface area contributed by atoms with Crippen LogP contribution in [0.25, 0.3) is 0 Å². The molecule has 1 aromatic heterocycles. The van der Waals surface area contributed by atoms with E-state index in [9.17, 15) is 0 Å². The molecule has 0 radical (unpaired) electrons. The van der Waals surface area contributed by atoms with E-state index in [2.05, 4.69) is 45.7 Å². The number of pyridine rings is 1. The maximum Gasteiger partial charge on any atom is 0.0410 e. The van der Waals surface area contributed by atoms with Gasteiger partial charge in [-0.05, 0) is 47.1 Å². The highest BCUT2D eigenvalue weighted by atomic mass is 79.9. The molecule has 1 rings (SSSR count). The molecular formula is C11H17BrN2. The molecule has 0 saturated heterocycles. The van der Waals surface area contributed by atoms with E-state index in [0.717, 1.165) is 24.1 Å². The molecule has 0 aliphatic carbocycles. The second kappa shape index (κ2) is 6.14. The highest BCUT2D eigenvalue weighted by Gasteiger charge is 2.02. The molecule has 0 aliphatic heterocycles. The van der Waals surface area contributed by atoms with Crippen LogP contribution in [0.1, 0.15) is 25.8 Å². The van der Waals surface area contributed by atoms with Crippen LogP contribution in [0, 0.1) is 0 Å². The fourth-order valence-corrected chi connectivity index (χ4v) is 1.88. The summed E-state index contributed by atoms with van der Waals surface area (Å²) in [7, 11) is 0. The van der Waals surface area contributed by atoms with Gasteiger partial charge in [-0.15, -0.1) is 0 Å². The number of hydrogen-bond donors (Lipinski definition) is 0. The minimum Gasteiger partial charge on any atom is -0.299 e. The maximum atomic E-state index is 4.16. The minimum atomic E-state index is 0.997. The quantitative estimate of drug-likeness (QED) is 0.805. The van der Waals surface area contributed by atoms with Crippen LogP contribution in [0.3, 0.4) is 0 Å². The summed E-state index contributed by atoms with van der Waals surface area (Å²) in [4.78, 5) is 6.58. The standard InChI is InChI=1S/C11H17BrN2/c1-3-5-14(4-2)9-10-6-11(12)8-13-7-10/h6-8H,3-5,9H2,1-2H3. The minimum absolute atomic E-state index is 0.997. The Morgan fingerprint density at radius 1 is 1.36 bits per heavy atom. The van der Waals surface area contributed by atoms with Crippen LogP contribution in [0.2, 0.25) is 0 Å². The third-order valence-electron chi connectivity index (χ3n) is 2.15. The monoisotopic (exact) mass is 256 g/mol. The molecule has 2 nitrogen and oxygen atoms in total. The molecule has 0 amide bonds. The fraction of sp³-hybridized carbons (Fsp3) is 0.545. The smallest absolute Gasteiger partial charge is 0.0410 e. The molecular weight excluding hydrogens is 240 g/mol. The first-order valence-corrected chi connectivity index (χ1v) is 5.87. The van der Waals surface area contributed by atoms with Gasteiger partial charge in [0.1, 0.15) is 0 Å². The Kier molecular flexibility index (Phi) is 5.12. The highest BCUT2D eigenvalue weighted by molar-refractivity contribution is 9.10. The van der Waals surface area contributed by atoms with Crippen LogP contribution in [-0.4, -0.2) is 23.0 Å². The van der Waals surface area contributed by atoms with Crippen molar-refractivity contribution in [2.75, 3.05) is 13.1 Å². The van der Waals surface area contributed by atoms with Crippen LogP contribution in [0.15, 0.2) is 22.9 Å². The normalized spacial score (nSPS) is 10.9. The first-order valence-electron chi connectivity index (χ1n) is 5.08. The van der Waals surface area contributed by atoms with Gasteiger partial charge in [0.2, 0.25) is 0 Å². The predicted molar refractivity (Wildman–Crippen MR) is 63.2 cm³/mol. The van der Waals surface area contributed by atoms with Crippen LogP contribution >= 0.6 is 15.9 Å². The molecule has 78 valence electrons. The van der Waals surface area contributed by atoms with Gasteiger partial charge in [0.05, 0.1) is 0 Å². The summed E-state index contributed by atoms with van der Waals surface area (Å²) in [5.41, 5.74) is 1.27. The molecule has 0 aromatic carbocycles. The summed E-state index contributed by atoms with van der Waals surface area (Å²) in [6.45, 7) is 7.66. The van der Waals surface area contributed by atoms with E-state index in [1.54, 1.807) is 0 Å². The molecule has 0 fully saturated rings. The van der Waals surface area contributed by atoms with Crippen molar-refractivity contribution in [3.05, 3.63) is 28.5 Å². The first-order chi connectivity index (χ1) is 6.76. The molecule has 0 spiro atoms. The van der Waals surface area contributed by atoms with Gasteiger partial charge in [0, 0.05) is 23.4 Å². The van der Waals surface area contributed by atoms with E-state index < -0.39 is 0 Å². The molecule has 0 aliphatic rings. The van der Waals surface area contributed by atoms with Crippen LogP contribution < -0.4 is 0 Å². The zero-order valence-electron chi connectivity index (χ0n) is 8.83. The Bertz CT molecular complexity index is 276. The van der Waals surface area contributed by atoms with Crippen molar-refractivity contribution in [3.63, 3.8) is 0 Å². The zero-order valence-corrected chi connectivity index (χ0v) is 10.4. The average molecular weight is 257 g/mol. The number of rotatable bonds is 5. The van der Waals surface area contributed by atoms with Gasteiger partial charge in [-0.2, -0.15) is 0 Å². The summed E-state index contributed by atoms with van der Waals surface area (Å²) >= 11 is 3.43. The lowest BCUT2D eigenvalue weighted by Gasteiger charge is -2.19. The van der Waals surface area contributed by atoms with E-state index >= 15 is 0 Å². The largest absolute Gasteiger partial charge is 0.299 e. The van der Waals surface area contributed by atoms with Crippen molar-refractivity contribution in [2.45, 2.75) is 26.8 Å². The molecule has 0 N–H and O–H groups in total. The molecule has 1 aromatic rings. The zero-order chi connectivity index (χ0) is 10.4. The molecule has 0 bridgehead atoms. The number of hydrogen-bond acceptors (Lipinski definition) is 2. The van der Waals surface area contributed by atoms with E-state index in [-0.39, 0.29) is 0 Å². The van der Waals surface area contributed by atoms with Gasteiger partial charge < -0.3 is 0 Å². The van der Waals surface area contributed by atoms with Crippen molar-refractivity contribution >= 4 is 15.9 Å². The third-order valence-corrected chi connectivity index (χ3v) is 2.59. The van der Waals surface area contributed by atoms with Crippen LogP contribution in [0.5, 0.6) is 0 Å². The van der Waals surface area contributed by atoms with E-state index in [1.807, 2.05) is 12.4 Å². The lowest BCUT2D eigenvalue weighted by molar-refractivity contribution is 0.280. The Hall–Kier alpha value is -0.410. The Labute approximate surface area is 94.5 Å². The lowest BCUT2D eigenvalue weighted by atomic mass is 10.2. The van der Waals surface area contributed by atoms with E-state index in [0.29, 0.717) is 0 Å². The summed E-state index contributed by atoms with van der Waals surface area (Å²) < 4.78 is 1.06. The fourth-order valence-electron chi connectivity index (χ4n) is 1.47. The second-order valence-corrected chi connectivity index (χ2v) is 4.30. The first kappa shape index (κ1) is 11.7. The Balaban J connectivity index is 2.57. The van der Waals surface area contributed by atoms with Gasteiger partial charge in [0.15, 0.2) is 0 Å². The predicted octanol–water partition coefficient (Wildman–Crippen LogP) is 3.08.